The van der Waals surface area contributed by atoms with Crippen molar-refractivity contribution in [3.05, 3.63) is 39.8 Å². The number of nitrogens with zero attached hydrogens (tertiary/aromatic N) is 1. The second-order valence-electron chi connectivity index (χ2n) is 6.70. The van der Waals surface area contributed by atoms with Crippen LogP contribution in [-0.4, -0.2) is 49.3 Å². The van der Waals surface area contributed by atoms with Crippen molar-refractivity contribution < 1.29 is 36.2 Å². The molecule has 3 rings (SSSR count). The molecule has 172 valence electrons. The van der Waals surface area contributed by atoms with Crippen LogP contribution in [0, 0.1) is 0 Å². The predicted octanol–water partition coefficient (Wildman–Crippen LogP) is 3.92. The molecule has 31 heavy (non-hydrogen) atoms. The van der Waals surface area contributed by atoms with Gasteiger partial charge in [0.15, 0.2) is 9.84 Å². The van der Waals surface area contributed by atoms with Crippen LogP contribution in [0.25, 0.3) is 0 Å². The average molecular weight is 501 g/mol. The minimum atomic E-state index is -5.08. The normalized spacial score (nSPS) is 19.3. The van der Waals surface area contributed by atoms with Gasteiger partial charge in [-0.1, -0.05) is 11.6 Å². The van der Waals surface area contributed by atoms with E-state index in [1.807, 2.05) is 0 Å². The standard InChI is InChI=1S/C16H19ClN2O3S2.C2HF3O2/c1-11-8-12(4-5-18-11)22-15-3-2-13(9-14(15)17)24(20,21)10-16-19-6-7-23-16;3-2(4,5)1(6)7/h2-3,6-7,9,11-12,18H,4-5,8,10H2,1H3;(H,6,7)/t11-,12?;/m0./s1. The molecule has 1 saturated heterocycles. The van der Waals surface area contributed by atoms with Gasteiger partial charge >= 0.3 is 12.1 Å². The van der Waals surface area contributed by atoms with Gasteiger partial charge in [0.2, 0.25) is 0 Å². The average Bonchev–Trinajstić information content (AvgIpc) is 3.15. The van der Waals surface area contributed by atoms with Gasteiger partial charge in [0.1, 0.15) is 22.6 Å². The molecule has 0 saturated carbocycles. The number of sulfone groups is 1. The van der Waals surface area contributed by atoms with Gasteiger partial charge in [0, 0.05) is 17.6 Å². The summed E-state index contributed by atoms with van der Waals surface area (Å²) in [4.78, 5) is 13.1. The van der Waals surface area contributed by atoms with Crippen LogP contribution < -0.4 is 10.1 Å². The first-order valence-electron chi connectivity index (χ1n) is 8.99. The maximum Gasteiger partial charge on any atom is 0.490 e. The molecular weight excluding hydrogens is 481 g/mol. The number of ether oxygens (including phenoxy) is 1. The number of aliphatic carboxylic acids is 1. The van der Waals surface area contributed by atoms with Crippen LogP contribution >= 0.6 is 22.9 Å². The number of halogens is 4. The highest BCUT2D eigenvalue weighted by Gasteiger charge is 2.38. The van der Waals surface area contributed by atoms with Gasteiger partial charge in [-0.3, -0.25) is 0 Å². The number of rotatable bonds is 5. The molecule has 2 aromatic rings. The molecule has 1 aliphatic rings. The fourth-order valence-electron chi connectivity index (χ4n) is 2.71. The number of piperidine rings is 1. The third kappa shape index (κ3) is 7.95. The first-order valence-corrected chi connectivity index (χ1v) is 11.9. The Labute approximate surface area is 186 Å². The van der Waals surface area contributed by atoms with E-state index in [0.29, 0.717) is 21.8 Å². The Morgan fingerprint density at radius 3 is 2.61 bits per heavy atom. The zero-order chi connectivity index (χ0) is 23.2. The minimum absolute atomic E-state index is 0.0940. The summed E-state index contributed by atoms with van der Waals surface area (Å²) in [5.41, 5.74) is 0. The Bertz CT molecular complexity index is 985. The maximum atomic E-state index is 12.5. The largest absolute Gasteiger partial charge is 0.490 e. The fourth-order valence-corrected chi connectivity index (χ4v) is 5.28. The minimum Gasteiger partial charge on any atom is -0.489 e. The number of carboxylic acid groups (broad SMARTS) is 1. The number of nitrogens with one attached hydrogen (secondary N) is 1. The number of carboxylic acids is 1. The summed E-state index contributed by atoms with van der Waals surface area (Å²) in [6, 6.07) is 5.06. The van der Waals surface area contributed by atoms with Crippen molar-refractivity contribution in [2.45, 2.75) is 48.7 Å². The number of benzene rings is 1. The Balaban J connectivity index is 0.000000423. The number of aromatic nitrogens is 1. The van der Waals surface area contributed by atoms with Crippen LogP contribution in [0.3, 0.4) is 0 Å². The van der Waals surface area contributed by atoms with Crippen molar-refractivity contribution in [1.82, 2.24) is 10.3 Å². The monoisotopic (exact) mass is 500 g/mol. The maximum absolute atomic E-state index is 12.5. The number of hydrogen-bond acceptors (Lipinski definition) is 7. The van der Waals surface area contributed by atoms with Gasteiger partial charge in [-0.2, -0.15) is 13.2 Å². The van der Waals surface area contributed by atoms with E-state index >= 15 is 0 Å². The lowest BCUT2D eigenvalue weighted by Gasteiger charge is -2.28. The molecule has 0 bridgehead atoms. The first-order chi connectivity index (χ1) is 14.4. The van der Waals surface area contributed by atoms with E-state index in [0.717, 1.165) is 19.4 Å². The van der Waals surface area contributed by atoms with Crippen molar-refractivity contribution in [2.24, 2.45) is 0 Å². The summed E-state index contributed by atoms with van der Waals surface area (Å²) < 4.78 is 62.6. The Morgan fingerprint density at radius 2 is 2.10 bits per heavy atom. The molecule has 1 aromatic carbocycles. The first kappa shape index (κ1) is 25.4. The van der Waals surface area contributed by atoms with E-state index in [4.69, 9.17) is 26.2 Å². The quantitative estimate of drug-likeness (QED) is 0.641. The highest BCUT2D eigenvalue weighted by Crippen LogP contribution is 2.31. The molecule has 1 fully saturated rings. The molecule has 2 N–H and O–H groups in total. The third-order valence-electron chi connectivity index (χ3n) is 4.17. The molecule has 13 heteroatoms. The van der Waals surface area contributed by atoms with Crippen LogP contribution in [0.2, 0.25) is 5.02 Å². The van der Waals surface area contributed by atoms with Crippen molar-refractivity contribution >= 4 is 38.7 Å². The van der Waals surface area contributed by atoms with Gasteiger partial charge in [-0.15, -0.1) is 11.3 Å². The summed E-state index contributed by atoms with van der Waals surface area (Å²) in [7, 11) is -3.47. The summed E-state index contributed by atoms with van der Waals surface area (Å²) in [6.45, 7) is 3.02. The van der Waals surface area contributed by atoms with Crippen LogP contribution in [0.5, 0.6) is 5.75 Å². The number of carbonyl (C=O) groups is 1. The van der Waals surface area contributed by atoms with Crippen molar-refractivity contribution in [2.75, 3.05) is 6.54 Å². The Morgan fingerprint density at radius 1 is 1.42 bits per heavy atom. The van der Waals surface area contributed by atoms with Gasteiger partial charge in [-0.25, -0.2) is 18.2 Å². The predicted molar refractivity (Wildman–Crippen MR) is 109 cm³/mol. The summed E-state index contributed by atoms with van der Waals surface area (Å²) >= 11 is 7.58. The van der Waals surface area contributed by atoms with Crippen molar-refractivity contribution in [3.63, 3.8) is 0 Å². The van der Waals surface area contributed by atoms with E-state index in [-0.39, 0.29) is 16.8 Å². The lowest BCUT2D eigenvalue weighted by molar-refractivity contribution is -0.192. The van der Waals surface area contributed by atoms with E-state index in [1.165, 1.54) is 17.4 Å². The van der Waals surface area contributed by atoms with E-state index in [2.05, 4.69) is 17.2 Å². The highest BCUT2D eigenvalue weighted by atomic mass is 35.5. The van der Waals surface area contributed by atoms with Gasteiger partial charge in [0.25, 0.3) is 0 Å². The summed E-state index contributed by atoms with van der Waals surface area (Å²) in [6.07, 6.45) is -1.58. The fraction of sp³-hybridized carbons (Fsp3) is 0.444. The van der Waals surface area contributed by atoms with Gasteiger partial charge in [0.05, 0.1) is 9.92 Å². The van der Waals surface area contributed by atoms with Gasteiger partial charge < -0.3 is 15.2 Å². The highest BCUT2D eigenvalue weighted by molar-refractivity contribution is 7.90. The second kappa shape index (κ2) is 10.6. The molecule has 7 nitrogen and oxygen atoms in total. The Kier molecular flexibility index (Phi) is 8.69. The SMILES string of the molecule is C[C@H]1CC(Oc2ccc(S(=O)(=O)Cc3nccs3)cc2Cl)CCN1.O=C(O)C(F)(F)F. The third-order valence-corrected chi connectivity index (χ3v) is 7.05. The summed E-state index contributed by atoms with van der Waals surface area (Å²) in [5, 5.41) is 13.1. The van der Waals surface area contributed by atoms with Crippen molar-refractivity contribution in [3.8, 4) is 5.75 Å². The van der Waals surface area contributed by atoms with E-state index in [1.54, 1.807) is 23.7 Å². The zero-order valence-corrected chi connectivity index (χ0v) is 18.6. The Hall–Kier alpha value is -1.89. The molecule has 2 atom stereocenters. The van der Waals surface area contributed by atoms with Crippen molar-refractivity contribution in [1.29, 1.82) is 0 Å². The number of alkyl halides is 3. The molecule has 0 aliphatic carbocycles. The lowest BCUT2D eigenvalue weighted by atomic mass is 10.0. The lowest BCUT2D eigenvalue weighted by Crippen LogP contribution is -2.40. The molecule has 1 unspecified atom stereocenters. The van der Waals surface area contributed by atoms with Crippen LogP contribution in [-0.2, 0) is 20.4 Å². The van der Waals surface area contributed by atoms with E-state index < -0.39 is 22.0 Å². The summed E-state index contributed by atoms with van der Waals surface area (Å²) in [5.74, 6) is -2.34. The van der Waals surface area contributed by atoms with E-state index in [9.17, 15) is 21.6 Å². The van der Waals surface area contributed by atoms with Crippen LogP contribution in [0.15, 0.2) is 34.7 Å². The topological polar surface area (TPSA) is 106 Å². The van der Waals surface area contributed by atoms with Gasteiger partial charge in [-0.05, 0) is 44.5 Å². The van der Waals surface area contributed by atoms with Crippen LogP contribution in [0.4, 0.5) is 13.2 Å². The smallest absolute Gasteiger partial charge is 0.489 e. The van der Waals surface area contributed by atoms with Crippen LogP contribution in [0.1, 0.15) is 24.8 Å². The molecule has 1 aliphatic heterocycles. The molecule has 2 heterocycles. The molecule has 0 amide bonds. The number of hydrogen-bond donors (Lipinski definition) is 2. The molecular formula is C18H20ClF3N2O5S2. The second-order valence-corrected chi connectivity index (χ2v) is 10.1. The zero-order valence-electron chi connectivity index (χ0n) is 16.2. The molecule has 1 aromatic heterocycles. The number of thiazole rings is 1. The molecule has 0 spiro atoms. The molecule has 0 radical (unpaired) electrons.